The van der Waals surface area contributed by atoms with Crippen LogP contribution in [0.3, 0.4) is 0 Å². The summed E-state index contributed by atoms with van der Waals surface area (Å²) in [6.45, 7) is 1.41. The maximum Gasteiger partial charge on any atom is 0.312 e. The van der Waals surface area contributed by atoms with E-state index in [9.17, 15) is 9.59 Å². The molecule has 1 aliphatic heterocycles. The van der Waals surface area contributed by atoms with Crippen molar-refractivity contribution < 1.29 is 14.1 Å². The lowest BCUT2D eigenvalue weighted by molar-refractivity contribution is -0.159. The van der Waals surface area contributed by atoms with Gasteiger partial charge in [0.1, 0.15) is 11.4 Å². The molecule has 24 heavy (non-hydrogen) atoms. The average Bonchev–Trinajstić information content (AvgIpc) is 3.02. The van der Waals surface area contributed by atoms with Crippen molar-refractivity contribution in [1.82, 2.24) is 19.9 Å². The number of hydrogen-bond acceptors (Lipinski definition) is 5. The molecule has 0 bridgehead atoms. The highest BCUT2D eigenvalue weighted by molar-refractivity contribution is 6.35. The fourth-order valence-corrected chi connectivity index (χ4v) is 3.10. The Bertz CT molecular complexity index is 754. The molecule has 4 rings (SSSR count). The minimum Gasteiger partial charge on any atom is -0.354 e. The summed E-state index contributed by atoms with van der Waals surface area (Å²) in [6, 6.07) is 7.54. The van der Waals surface area contributed by atoms with Crippen molar-refractivity contribution in [3.63, 3.8) is 0 Å². The van der Waals surface area contributed by atoms with Crippen molar-refractivity contribution in [1.29, 1.82) is 0 Å². The molecule has 0 N–H and O–H groups in total. The van der Waals surface area contributed by atoms with E-state index in [1.54, 1.807) is 17.2 Å². The molecular formula is C17H18N4O3. The molecule has 0 unspecified atom stereocenters. The molecule has 2 amide bonds. The van der Waals surface area contributed by atoms with Crippen molar-refractivity contribution in [2.45, 2.75) is 31.8 Å². The van der Waals surface area contributed by atoms with Crippen LogP contribution >= 0.6 is 0 Å². The Morgan fingerprint density at radius 3 is 2.75 bits per heavy atom. The monoisotopic (exact) mass is 326 g/mol. The lowest BCUT2D eigenvalue weighted by atomic mass is 9.91. The summed E-state index contributed by atoms with van der Waals surface area (Å²) in [5.74, 6) is -0.285. The molecule has 0 atom stereocenters. The number of carbonyl (C=O) groups excluding carboxylic acids is 2. The molecule has 124 valence electrons. The summed E-state index contributed by atoms with van der Waals surface area (Å²) in [5.41, 5.74) is 1.31. The van der Waals surface area contributed by atoms with Crippen LogP contribution in [-0.2, 0) is 16.1 Å². The number of pyridine rings is 1. The van der Waals surface area contributed by atoms with Crippen molar-refractivity contribution in [2.24, 2.45) is 0 Å². The van der Waals surface area contributed by atoms with Gasteiger partial charge in [-0.05, 0) is 31.4 Å². The molecule has 7 nitrogen and oxygen atoms in total. The standard InChI is InChI=1S/C17H18N4O3/c22-16-17(23)21(13-4-3-5-13)9-8-20(16)11-12-10-15(24-19-12)14-6-1-2-7-18-14/h1-2,6-7,10,13H,3-5,8-9,11H2. The number of nitrogens with zero attached hydrogens (tertiary/aromatic N) is 4. The fraction of sp³-hybridized carbons (Fsp3) is 0.412. The highest BCUT2D eigenvalue weighted by Gasteiger charge is 2.38. The molecule has 0 spiro atoms. The summed E-state index contributed by atoms with van der Waals surface area (Å²) in [7, 11) is 0. The minimum absolute atomic E-state index is 0.256. The topological polar surface area (TPSA) is 79.5 Å². The number of amides is 2. The van der Waals surface area contributed by atoms with Crippen LogP contribution in [0.1, 0.15) is 25.0 Å². The molecule has 2 aromatic heterocycles. The van der Waals surface area contributed by atoms with Gasteiger partial charge >= 0.3 is 11.8 Å². The first kappa shape index (κ1) is 14.9. The molecule has 0 radical (unpaired) electrons. The molecule has 2 aliphatic rings. The first-order valence-corrected chi connectivity index (χ1v) is 8.19. The van der Waals surface area contributed by atoms with Crippen molar-refractivity contribution in [2.75, 3.05) is 13.1 Å². The minimum atomic E-state index is -0.449. The van der Waals surface area contributed by atoms with Crippen LogP contribution in [0, 0.1) is 0 Å². The van der Waals surface area contributed by atoms with Gasteiger partial charge in [0, 0.05) is 31.4 Å². The molecule has 0 aromatic carbocycles. The third kappa shape index (κ3) is 2.66. The van der Waals surface area contributed by atoms with E-state index in [1.807, 2.05) is 18.2 Å². The molecule has 2 aromatic rings. The zero-order chi connectivity index (χ0) is 16.5. The van der Waals surface area contributed by atoms with E-state index in [0.717, 1.165) is 19.3 Å². The lowest BCUT2D eigenvalue weighted by Gasteiger charge is -2.41. The van der Waals surface area contributed by atoms with Gasteiger partial charge in [-0.15, -0.1) is 0 Å². The largest absolute Gasteiger partial charge is 0.354 e. The van der Waals surface area contributed by atoms with Gasteiger partial charge in [0.05, 0.1) is 6.54 Å². The zero-order valence-electron chi connectivity index (χ0n) is 13.2. The van der Waals surface area contributed by atoms with Gasteiger partial charge in [-0.2, -0.15) is 0 Å². The average molecular weight is 326 g/mol. The first-order valence-electron chi connectivity index (χ1n) is 8.19. The summed E-state index contributed by atoms with van der Waals surface area (Å²) < 4.78 is 5.29. The van der Waals surface area contributed by atoms with E-state index in [2.05, 4.69) is 10.1 Å². The number of rotatable bonds is 4. The third-order valence-corrected chi connectivity index (χ3v) is 4.69. The summed E-state index contributed by atoms with van der Waals surface area (Å²) >= 11 is 0. The predicted molar refractivity (Wildman–Crippen MR) is 84.5 cm³/mol. The van der Waals surface area contributed by atoms with Crippen LogP contribution in [-0.4, -0.2) is 50.9 Å². The Labute approximate surface area is 139 Å². The maximum absolute atomic E-state index is 12.3. The summed E-state index contributed by atoms with van der Waals surface area (Å²) in [6.07, 6.45) is 4.84. The number of aromatic nitrogens is 2. The Morgan fingerprint density at radius 1 is 1.17 bits per heavy atom. The zero-order valence-corrected chi connectivity index (χ0v) is 13.2. The van der Waals surface area contributed by atoms with E-state index in [1.165, 1.54) is 4.90 Å². The van der Waals surface area contributed by atoms with E-state index in [4.69, 9.17) is 4.52 Å². The van der Waals surface area contributed by atoms with Crippen LogP contribution in [0.5, 0.6) is 0 Å². The number of hydrogen-bond donors (Lipinski definition) is 0. The van der Waals surface area contributed by atoms with Crippen LogP contribution in [0.25, 0.3) is 11.5 Å². The highest BCUT2D eigenvalue weighted by atomic mass is 16.5. The van der Waals surface area contributed by atoms with Crippen LogP contribution in [0.4, 0.5) is 0 Å². The normalized spacial score (nSPS) is 18.8. The molecule has 7 heteroatoms. The highest BCUT2D eigenvalue weighted by Crippen LogP contribution is 2.27. The quantitative estimate of drug-likeness (QED) is 0.795. The van der Waals surface area contributed by atoms with Crippen molar-refractivity contribution in [3.8, 4) is 11.5 Å². The van der Waals surface area contributed by atoms with Gasteiger partial charge in [-0.1, -0.05) is 11.2 Å². The van der Waals surface area contributed by atoms with Crippen LogP contribution < -0.4 is 0 Å². The van der Waals surface area contributed by atoms with Crippen molar-refractivity contribution in [3.05, 3.63) is 36.2 Å². The fourth-order valence-electron chi connectivity index (χ4n) is 3.10. The van der Waals surface area contributed by atoms with E-state index in [0.29, 0.717) is 30.2 Å². The molecule has 2 fully saturated rings. The van der Waals surface area contributed by atoms with Gasteiger partial charge in [0.25, 0.3) is 0 Å². The smallest absolute Gasteiger partial charge is 0.312 e. The van der Waals surface area contributed by atoms with Gasteiger partial charge in [-0.25, -0.2) is 0 Å². The Kier molecular flexibility index (Phi) is 3.76. The van der Waals surface area contributed by atoms with Gasteiger partial charge < -0.3 is 14.3 Å². The van der Waals surface area contributed by atoms with Crippen molar-refractivity contribution >= 4 is 11.8 Å². The van der Waals surface area contributed by atoms with Crippen LogP contribution in [0.15, 0.2) is 35.0 Å². The molecule has 1 saturated heterocycles. The molecule has 1 aliphatic carbocycles. The van der Waals surface area contributed by atoms with E-state index in [-0.39, 0.29) is 18.5 Å². The molecular weight excluding hydrogens is 308 g/mol. The lowest BCUT2D eigenvalue weighted by Crippen LogP contribution is -2.58. The molecule has 1 saturated carbocycles. The van der Waals surface area contributed by atoms with Gasteiger partial charge in [-0.3, -0.25) is 14.6 Å². The van der Waals surface area contributed by atoms with E-state index < -0.39 is 5.91 Å². The predicted octanol–water partition coefficient (Wildman–Crippen LogP) is 1.46. The van der Waals surface area contributed by atoms with E-state index >= 15 is 0 Å². The second-order valence-electron chi connectivity index (χ2n) is 6.21. The summed E-state index contributed by atoms with van der Waals surface area (Å²) in [4.78, 5) is 32.1. The Morgan fingerprint density at radius 2 is 2.04 bits per heavy atom. The summed E-state index contributed by atoms with van der Waals surface area (Å²) in [5, 5.41) is 3.99. The SMILES string of the molecule is O=C1C(=O)N(C2CCC2)CCN1Cc1cc(-c2ccccn2)on1. The Balaban J connectivity index is 1.43. The number of piperazine rings is 1. The second kappa shape index (κ2) is 6.07. The second-order valence-corrected chi connectivity index (χ2v) is 6.21. The van der Waals surface area contributed by atoms with Gasteiger partial charge in [0.15, 0.2) is 5.76 Å². The van der Waals surface area contributed by atoms with Crippen LogP contribution in [0.2, 0.25) is 0 Å². The third-order valence-electron chi connectivity index (χ3n) is 4.69. The first-order chi connectivity index (χ1) is 11.7. The van der Waals surface area contributed by atoms with Gasteiger partial charge in [0.2, 0.25) is 0 Å². The number of carbonyl (C=O) groups is 2. The molecule has 3 heterocycles. The Hall–Kier alpha value is -2.70. The maximum atomic E-state index is 12.3.